The topological polar surface area (TPSA) is 83.0 Å². The molecule has 26 heavy (non-hydrogen) atoms. The van der Waals surface area contributed by atoms with Crippen LogP contribution in [0.15, 0.2) is 29.3 Å². The lowest BCUT2D eigenvalue weighted by atomic mass is 10.2. The molecule has 0 aromatic heterocycles. The largest absolute Gasteiger partial charge is 0.434 e. The minimum atomic E-state index is -3.12. The number of guanidine groups is 1. The minimum Gasteiger partial charge on any atom is -0.434 e. The van der Waals surface area contributed by atoms with E-state index in [1.807, 2.05) is 6.92 Å². The molecule has 0 spiro atoms. The van der Waals surface area contributed by atoms with Crippen LogP contribution in [0.3, 0.4) is 0 Å². The van der Waals surface area contributed by atoms with Gasteiger partial charge in [0, 0.05) is 31.7 Å². The predicted octanol–water partition coefficient (Wildman–Crippen LogP) is 1.38. The van der Waals surface area contributed by atoms with Crippen LogP contribution >= 0.6 is 0 Å². The second-order valence-electron chi connectivity index (χ2n) is 5.68. The molecule has 1 fully saturated rings. The van der Waals surface area contributed by atoms with Crippen LogP contribution in [0.4, 0.5) is 8.78 Å². The summed E-state index contributed by atoms with van der Waals surface area (Å²) in [5, 5.41) is 6.10. The van der Waals surface area contributed by atoms with Gasteiger partial charge in [-0.05, 0) is 19.4 Å². The van der Waals surface area contributed by atoms with Gasteiger partial charge in [0.1, 0.15) is 5.75 Å². The van der Waals surface area contributed by atoms with E-state index in [4.69, 9.17) is 0 Å². The molecule has 1 aliphatic rings. The van der Waals surface area contributed by atoms with Gasteiger partial charge in [0.2, 0.25) is 10.0 Å². The number of aliphatic imine (C=N–C) groups is 1. The van der Waals surface area contributed by atoms with Gasteiger partial charge in [-0.1, -0.05) is 18.2 Å². The van der Waals surface area contributed by atoms with E-state index < -0.39 is 16.6 Å². The van der Waals surface area contributed by atoms with Crippen molar-refractivity contribution in [2.24, 2.45) is 4.99 Å². The Bertz CT molecular complexity index is 713. The van der Waals surface area contributed by atoms with Gasteiger partial charge in [-0.25, -0.2) is 17.7 Å². The number of sulfonamides is 1. The number of ether oxygens (including phenoxy) is 1. The monoisotopic (exact) mass is 390 g/mol. The Morgan fingerprint density at radius 2 is 2.12 bits per heavy atom. The molecule has 7 nitrogen and oxygen atoms in total. The Morgan fingerprint density at radius 1 is 1.35 bits per heavy atom. The van der Waals surface area contributed by atoms with Crippen LogP contribution in [0.5, 0.6) is 5.75 Å². The van der Waals surface area contributed by atoms with E-state index in [1.54, 1.807) is 18.2 Å². The van der Waals surface area contributed by atoms with Crippen molar-refractivity contribution in [2.45, 2.75) is 26.5 Å². The average molecular weight is 390 g/mol. The van der Waals surface area contributed by atoms with E-state index in [2.05, 4.69) is 20.4 Å². The van der Waals surface area contributed by atoms with E-state index in [9.17, 15) is 17.2 Å². The number of nitrogens with zero attached hydrogens (tertiary/aromatic N) is 2. The number of hydrogen-bond acceptors (Lipinski definition) is 4. The zero-order chi connectivity index (χ0) is 19.0. The van der Waals surface area contributed by atoms with E-state index >= 15 is 0 Å². The molecule has 1 aliphatic heterocycles. The molecule has 0 radical (unpaired) electrons. The van der Waals surface area contributed by atoms with E-state index in [-0.39, 0.29) is 18.0 Å². The number of nitrogens with one attached hydrogen (secondary N) is 2. The van der Waals surface area contributed by atoms with Gasteiger partial charge in [-0.15, -0.1) is 0 Å². The van der Waals surface area contributed by atoms with Gasteiger partial charge in [0.25, 0.3) is 0 Å². The summed E-state index contributed by atoms with van der Waals surface area (Å²) in [6, 6.07) is 6.48. The summed E-state index contributed by atoms with van der Waals surface area (Å²) in [4.78, 5) is 4.35. The van der Waals surface area contributed by atoms with Crippen LogP contribution < -0.4 is 15.4 Å². The quantitative estimate of drug-likeness (QED) is 0.518. The molecule has 0 aliphatic carbocycles. The summed E-state index contributed by atoms with van der Waals surface area (Å²) < 4.78 is 54.4. The van der Waals surface area contributed by atoms with Gasteiger partial charge >= 0.3 is 6.61 Å². The Kier molecular flexibility index (Phi) is 7.58. The molecule has 0 saturated carbocycles. The number of hydrogen-bond donors (Lipinski definition) is 2. The highest BCUT2D eigenvalue weighted by molar-refractivity contribution is 7.89. The van der Waals surface area contributed by atoms with Crippen molar-refractivity contribution >= 4 is 16.0 Å². The van der Waals surface area contributed by atoms with Gasteiger partial charge < -0.3 is 15.4 Å². The van der Waals surface area contributed by atoms with E-state index in [0.717, 1.165) is 0 Å². The molecule has 2 rings (SSSR count). The lowest BCUT2D eigenvalue weighted by molar-refractivity contribution is -0.0504. The fraction of sp³-hybridized carbons (Fsp3) is 0.562. The number of rotatable bonds is 8. The lowest BCUT2D eigenvalue weighted by Crippen LogP contribution is -2.42. The molecule has 1 aromatic rings. The maximum Gasteiger partial charge on any atom is 0.387 e. The number of alkyl halides is 2. The maximum atomic E-state index is 12.5. The lowest BCUT2D eigenvalue weighted by Gasteiger charge is -2.16. The molecule has 0 amide bonds. The smallest absolute Gasteiger partial charge is 0.387 e. The van der Waals surface area contributed by atoms with Gasteiger partial charge in [0.05, 0.1) is 12.3 Å². The molecule has 1 saturated heterocycles. The summed E-state index contributed by atoms with van der Waals surface area (Å²) in [6.45, 7) is 1.07. The molecule has 1 heterocycles. The summed E-state index contributed by atoms with van der Waals surface area (Å²) in [7, 11) is -3.12. The zero-order valence-corrected chi connectivity index (χ0v) is 15.4. The molecular formula is C16H24F2N4O3S. The van der Waals surface area contributed by atoms with Crippen molar-refractivity contribution in [3.05, 3.63) is 29.8 Å². The first-order chi connectivity index (χ1) is 12.4. The third-order valence-corrected chi connectivity index (χ3v) is 5.75. The highest BCUT2D eigenvalue weighted by Crippen LogP contribution is 2.20. The van der Waals surface area contributed by atoms with Crippen LogP contribution in [0.2, 0.25) is 0 Å². The van der Waals surface area contributed by atoms with Crippen LogP contribution in [-0.4, -0.2) is 57.2 Å². The Balaban J connectivity index is 1.94. The fourth-order valence-electron chi connectivity index (χ4n) is 2.59. The van der Waals surface area contributed by atoms with E-state index in [1.165, 1.54) is 10.4 Å². The first-order valence-electron chi connectivity index (χ1n) is 8.45. The van der Waals surface area contributed by atoms with Gasteiger partial charge in [-0.3, -0.25) is 0 Å². The first kappa shape index (κ1) is 20.4. The Morgan fingerprint density at radius 3 is 2.77 bits per heavy atom. The van der Waals surface area contributed by atoms with Crippen molar-refractivity contribution < 1.29 is 21.9 Å². The highest BCUT2D eigenvalue weighted by atomic mass is 32.2. The maximum absolute atomic E-state index is 12.5. The minimum absolute atomic E-state index is 0.0882. The SMILES string of the molecule is CCNC(=NCc1ccccc1OC(F)F)NCCN1CCCS1(=O)=O. The molecule has 146 valence electrons. The van der Waals surface area contributed by atoms with Crippen molar-refractivity contribution in [2.75, 3.05) is 31.9 Å². The molecule has 0 atom stereocenters. The summed E-state index contributed by atoms with van der Waals surface area (Å²) in [5.74, 6) is 0.767. The zero-order valence-electron chi connectivity index (χ0n) is 14.6. The van der Waals surface area contributed by atoms with Crippen molar-refractivity contribution in [3.63, 3.8) is 0 Å². The normalized spacial score (nSPS) is 17.5. The molecule has 1 aromatic carbocycles. The molecule has 10 heteroatoms. The molecular weight excluding hydrogens is 366 g/mol. The van der Waals surface area contributed by atoms with Crippen molar-refractivity contribution in [3.8, 4) is 5.75 Å². The number of halogens is 2. The standard InChI is InChI=1S/C16H24F2N4O3S/c1-2-19-16(20-8-10-22-9-5-11-26(22,23)24)21-12-13-6-3-4-7-14(13)25-15(17)18/h3-4,6-7,15H,2,5,8-12H2,1H3,(H2,19,20,21). The van der Waals surface area contributed by atoms with Crippen LogP contribution in [0, 0.1) is 0 Å². The molecule has 2 N–H and O–H groups in total. The second kappa shape index (κ2) is 9.67. The summed E-state index contributed by atoms with van der Waals surface area (Å²) in [5.41, 5.74) is 0.534. The molecule has 0 unspecified atom stereocenters. The fourth-order valence-corrected chi connectivity index (χ4v) is 4.12. The van der Waals surface area contributed by atoms with E-state index in [0.29, 0.717) is 44.1 Å². The third-order valence-electron chi connectivity index (χ3n) is 3.80. The summed E-state index contributed by atoms with van der Waals surface area (Å²) in [6.07, 6.45) is 0.650. The molecule has 0 bridgehead atoms. The number of para-hydroxylation sites is 1. The second-order valence-corrected chi connectivity index (χ2v) is 7.77. The van der Waals surface area contributed by atoms with Crippen molar-refractivity contribution in [1.29, 1.82) is 0 Å². The number of benzene rings is 1. The average Bonchev–Trinajstić information content (AvgIpc) is 2.92. The third kappa shape index (κ3) is 6.10. The van der Waals surface area contributed by atoms with Gasteiger partial charge in [0.15, 0.2) is 5.96 Å². The summed E-state index contributed by atoms with van der Waals surface area (Å²) >= 11 is 0. The van der Waals surface area contributed by atoms with Gasteiger partial charge in [-0.2, -0.15) is 8.78 Å². The Hall–Kier alpha value is -1.94. The first-order valence-corrected chi connectivity index (χ1v) is 10.1. The predicted molar refractivity (Wildman–Crippen MR) is 95.9 cm³/mol. The van der Waals surface area contributed by atoms with Crippen molar-refractivity contribution in [1.82, 2.24) is 14.9 Å². The Labute approximate surface area is 152 Å². The van der Waals surface area contributed by atoms with Crippen LogP contribution in [-0.2, 0) is 16.6 Å². The van der Waals surface area contributed by atoms with Crippen LogP contribution in [0.25, 0.3) is 0 Å². The highest BCUT2D eigenvalue weighted by Gasteiger charge is 2.27. The van der Waals surface area contributed by atoms with Crippen LogP contribution in [0.1, 0.15) is 18.9 Å².